The van der Waals surface area contributed by atoms with Crippen LogP contribution in [0.25, 0.3) is 0 Å². The van der Waals surface area contributed by atoms with Crippen molar-refractivity contribution in [1.29, 1.82) is 0 Å². The normalized spacial score (nSPS) is 12.4. The molecule has 1 rings (SSSR count). The Morgan fingerprint density at radius 3 is 2.75 bits per heavy atom. The Morgan fingerprint density at radius 2 is 2.15 bits per heavy atom. The molecule has 114 valence electrons. The van der Waals surface area contributed by atoms with Crippen LogP contribution < -0.4 is 10.2 Å². The molecule has 4 heteroatoms. The average Bonchev–Trinajstić information content (AvgIpc) is 2.44. The smallest absolute Gasteiger partial charge is 0.0479 e. The van der Waals surface area contributed by atoms with Crippen LogP contribution in [0, 0.1) is 0 Å². The van der Waals surface area contributed by atoms with Crippen molar-refractivity contribution in [1.82, 2.24) is 5.32 Å². The minimum absolute atomic E-state index is 0.287. The van der Waals surface area contributed by atoms with Crippen molar-refractivity contribution >= 4 is 17.3 Å². The van der Waals surface area contributed by atoms with Gasteiger partial charge in [-0.2, -0.15) is 0 Å². The molecule has 0 aromatic heterocycles. The van der Waals surface area contributed by atoms with Crippen LogP contribution in [0.2, 0.25) is 5.02 Å². The second-order valence-electron chi connectivity index (χ2n) is 5.15. The van der Waals surface area contributed by atoms with Crippen LogP contribution >= 0.6 is 11.6 Å². The van der Waals surface area contributed by atoms with Gasteiger partial charge in [0.25, 0.3) is 0 Å². The molecule has 0 saturated carbocycles. The van der Waals surface area contributed by atoms with Gasteiger partial charge in [-0.1, -0.05) is 24.6 Å². The molecule has 1 aromatic rings. The molecule has 20 heavy (non-hydrogen) atoms. The van der Waals surface area contributed by atoms with Gasteiger partial charge in [-0.05, 0) is 44.0 Å². The maximum atomic E-state index is 6.42. The number of halogens is 1. The summed E-state index contributed by atoms with van der Waals surface area (Å²) in [5, 5.41) is 4.30. The second-order valence-corrected chi connectivity index (χ2v) is 5.56. The highest BCUT2D eigenvalue weighted by molar-refractivity contribution is 6.31. The summed E-state index contributed by atoms with van der Waals surface area (Å²) in [4.78, 5) is 2.21. The number of nitrogens with one attached hydrogen (secondary N) is 1. The third kappa shape index (κ3) is 5.31. The van der Waals surface area contributed by atoms with Crippen LogP contribution in [0.1, 0.15) is 38.3 Å². The summed E-state index contributed by atoms with van der Waals surface area (Å²) < 4.78 is 5.08. The van der Waals surface area contributed by atoms with Crippen LogP contribution in [-0.4, -0.2) is 33.9 Å². The summed E-state index contributed by atoms with van der Waals surface area (Å²) in [6.45, 7) is 7.08. The van der Waals surface area contributed by atoms with Gasteiger partial charge in [0.1, 0.15) is 0 Å². The predicted octanol–water partition coefficient (Wildman–Crippen LogP) is 3.87. The van der Waals surface area contributed by atoms with Gasteiger partial charge in [0.15, 0.2) is 0 Å². The molecule has 0 aliphatic carbocycles. The molecule has 1 N–H and O–H groups in total. The standard InChI is InChI=1S/C16H27ClN2O/c1-5-9-18-13(2)15-8-7-14(12-16(15)17)19(3)10-6-11-20-4/h7-8,12-13,18H,5-6,9-11H2,1-4H3. The lowest BCUT2D eigenvalue weighted by Crippen LogP contribution is -2.21. The lowest BCUT2D eigenvalue weighted by atomic mass is 10.1. The van der Waals surface area contributed by atoms with Gasteiger partial charge in [-0.25, -0.2) is 0 Å². The molecule has 0 heterocycles. The molecule has 0 aliphatic rings. The van der Waals surface area contributed by atoms with Gasteiger partial charge in [0, 0.05) is 44.1 Å². The molecule has 1 unspecified atom stereocenters. The summed E-state index contributed by atoms with van der Waals surface area (Å²) in [6, 6.07) is 6.60. The van der Waals surface area contributed by atoms with Crippen molar-refractivity contribution in [2.24, 2.45) is 0 Å². The number of ether oxygens (including phenoxy) is 1. The van der Waals surface area contributed by atoms with E-state index in [1.165, 1.54) is 0 Å². The highest BCUT2D eigenvalue weighted by Gasteiger charge is 2.10. The SMILES string of the molecule is CCCNC(C)c1ccc(N(C)CCCOC)cc1Cl. The zero-order chi connectivity index (χ0) is 15.0. The summed E-state index contributed by atoms with van der Waals surface area (Å²) in [5.74, 6) is 0. The van der Waals surface area contributed by atoms with Gasteiger partial charge in [0.2, 0.25) is 0 Å². The van der Waals surface area contributed by atoms with E-state index in [9.17, 15) is 0 Å². The Morgan fingerprint density at radius 1 is 1.40 bits per heavy atom. The minimum Gasteiger partial charge on any atom is -0.385 e. The van der Waals surface area contributed by atoms with Crippen molar-refractivity contribution in [3.05, 3.63) is 28.8 Å². The third-order valence-electron chi connectivity index (χ3n) is 3.43. The number of hydrogen-bond acceptors (Lipinski definition) is 3. The monoisotopic (exact) mass is 298 g/mol. The number of hydrogen-bond donors (Lipinski definition) is 1. The van der Waals surface area contributed by atoms with Gasteiger partial charge >= 0.3 is 0 Å². The van der Waals surface area contributed by atoms with Gasteiger partial charge in [-0.3, -0.25) is 0 Å². The lowest BCUT2D eigenvalue weighted by Gasteiger charge is -2.21. The number of rotatable bonds is 9. The first-order chi connectivity index (χ1) is 9.60. The second kappa shape index (κ2) is 9.22. The van der Waals surface area contributed by atoms with E-state index in [0.29, 0.717) is 0 Å². The molecule has 1 atom stereocenters. The first-order valence-electron chi connectivity index (χ1n) is 7.33. The van der Waals surface area contributed by atoms with E-state index >= 15 is 0 Å². The number of methoxy groups -OCH3 is 1. The molecule has 0 spiro atoms. The summed E-state index contributed by atoms with van der Waals surface area (Å²) in [5.41, 5.74) is 2.31. The van der Waals surface area contributed by atoms with Crippen LogP contribution in [0.3, 0.4) is 0 Å². The third-order valence-corrected chi connectivity index (χ3v) is 3.76. The van der Waals surface area contributed by atoms with Crippen molar-refractivity contribution in [3.8, 4) is 0 Å². The number of benzene rings is 1. The molecule has 0 fully saturated rings. The van der Waals surface area contributed by atoms with Crippen molar-refractivity contribution in [2.45, 2.75) is 32.7 Å². The van der Waals surface area contributed by atoms with E-state index in [0.717, 1.165) is 48.8 Å². The highest BCUT2D eigenvalue weighted by Crippen LogP contribution is 2.27. The van der Waals surface area contributed by atoms with E-state index in [-0.39, 0.29) is 6.04 Å². The molecule has 0 aliphatic heterocycles. The molecule has 1 aromatic carbocycles. The Labute approximate surface area is 128 Å². The van der Waals surface area contributed by atoms with Crippen molar-refractivity contribution in [2.75, 3.05) is 38.8 Å². The van der Waals surface area contributed by atoms with Crippen molar-refractivity contribution < 1.29 is 4.74 Å². The fraction of sp³-hybridized carbons (Fsp3) is 0.625. The molecule has 0 amide bonds. The Hall–Kier alpha value is -0.770. The lowest BCUT2D eigenvalue weighted by molar-refractivity contribution is 0.196. The number of nitrogens with zero attached hydrogens (tertiary/aromatic N) is 1. The van der Waals surface area contributed by atoms with Crippen LogP contribution in [-0.2, 0) is 4.74 Å². The minimum atomic E-state index is 0.287. The zero-order valence-electron chi connectivity index (χ0n) is 13.1. The van der Waals surface area contributed by atoms with E-state index in [4.69, 9.17) is 16.3 Å². The van der Waals surface area contributed by atoms with E-state index in [1.54, 1.807) is 7.11 Å². The molecule has 0 bridgehead atoms. The quantitative estimate of drug-likeness (QED) is 0.700. The summed E-state index contributed by atoms with van der Waals surface area (Å²) in [7, 11) is 3.82. The Kier molecular flexibility index (Phi) is 7.97. The Bertz CT molecular complexity index is 398. The maximum absolute atomic E-state index is 6.42. The predicted molar refractivity (Wildman–Crippen MR) is 87.9 cm³/mol. The van der Waals surface area contributed by atoms with Crippen LogP contribution in [0.4, 0.5) is 5.69 Å². The molecule has 0 saturated heterocycles. The van der Waals surface area contributed by atoms with Gasteiger partial charge in [0.05, 0.1) is 0 Å². The first-order valence-corrected chi connectivity index (χ1v) is 7.70. The Balaban J connectivity index is 2.66. The van der Waals surface area contributed by atoms with E-state index in [1.807, 2.05) is 6.07 Å². The molecule has 3 nitrogen and oxygen atoms in total. The topological polar surface area (TPSA) is 24.5 Å². The largest absolute Gasteiger partial charge is 0.385 e. The number of anilines is 1. The van der Waals surface area contributed by atoms with E-state index < -0.39 is 0 Å². The first kappa shape index (κ1) is 17.3. The summed E-state index contributed by atoms with van der Waals surface area (Å²) in [6.07, 6.45) is 2.14. The van der Waals surface area contributed by atoms with E-state index in [2.05, 4.69) is 43.2 Å². The van der Waals surface area contributed by atoms with Crippen LogP contribution in [0.15, 0.2) is 18.2 Å². The zero-order valence-corrected chi connectivity index (χ0v) is 13.8. The van der Waals surface area contributed by atoms with Gasteiger partial charge in [-0.15, -0.1) is 0 Å². The molecule has 0 radical (unpaired) electrons. The van der Waals surface area contributed by atoms with Crippen LogP contribution in [0.5, 0.6) is 0 Å². The fourth-order valence-electron chi connectivity index (χ4n) is 2.15. The van der Waals surface area contributed by atoms with Gasteiger partial charge < -0.3 is 15.0 Å². The molecular formula is C16H27ClN2O. The molecular weight excluding hydrogens is 272 g/mol. The average molecular weight is 299 g/mol. The maximum Gasteiger partial charge on any atom is 0.0479 e. The summed E-state index contributed by atoms with van der Waals surface area (Å²) >= 11 is 6.42. The fourth-order valence-corrected chi connectivity index (χ4v) is 2.49. The highest BCUT2D eigenvalue weighted by atomic mass is 35.5. The van der Waals surface area contributed by atoms with Crippen molar-refractivity contribution in [3.63, 3.8) is 0 Å².